The molecule has 2 N–H and O–H groups in total. The third-order valence-electron chi connectivity index (χ3n) is 4.74. The lowest BCUT2D eigenvalue weighted by Gasteiger charge is -2.04. The second-order valence-electron chi connectivity index (χ2n) is 7.20. The van der Waals surface area contributed by atoms with Crippen LogP contribution in [0.5, 0.6) is 5.75 Å². The molecule has 174 valence electrons. The maximum Gasteiger partial charge on any atom is 0.305 e. The summed E-state index contributed by atoms with van der Waals surface area (Å²) in [5.74, 6) is 0.310. The number of aromatic nitrogens is 1. The van der Waals surface area contributed by atoms with Crippen LogP contribution in [0, 0.1) is 6.92 Å². The Hall–Kier alpha value is -3.63. The second kappa shape index (κ2) is 10.5. The standard InChI is InChI=1S/C23H19ClN4O5S/c1-13-18(26-22(33-13)16-4-2-3-5-17(16)24)12-32-15-8-6-14(7-9-15)11-25-28-23-27-21(31)19(34-23)10-20(29)30/h2-9,11,19H,10,12H2,1H3,(H,29,30)(H,27,28,31). The number of thioether (sulfide) groups is 1. The minimum atomic E-state index is -1.04. The van der Waals surface area contributed by atoms with E-state index in [9.17, 15) is 9.59 Å². The molecule has 0 spiro atoms. The number of aliphatic carboxylic acids is 1. The van der Waals surface area contributed by atoms with E-state index in [1.807, 2.05) is 25.1 Å². The zero-order valence-electron chi connectivity index (χ0n) is 17.9. The highest BCUT2D eigenvalue weighted by Gasteiger charge is 2.32. The van der Waals surface area contributed by atoms with Crippen LogP contribution in [0.4, 0.5) is 0 Å². The van der Waals surface area contributed by atoms with Crippen LogP contribution in [0.1, 0.15) is 23.4 Å². The number of ether oxygens (including phenoxy) is 1. The number of hydrogen-bond donors (Lipinski definition) is 2. The summed E-state index contributed by atoms with van der Waals surface area (Å²) in [5.41, 5.74) is 2.17. The maximum absolute atomic E-state index is 11.7. The molecule has 3 aromatic rings. The number of carboxylic acids is 1. The smallest absolute Gasteiger partial charge is 0.305 e. The molecule has 2 aromatic carbocycles. The molecule has 1 atom stereocenters. The van der Waals surface area contributed by atoms with Crippen LogP contribution < -0.4 is 10.1 Å². The van der Waals surface area contributed by atoms with Gasteiger partial charge in [0.25, 0.3) is 0 Å². The molecular formula is C23H19ClN4O5S. The third-order valence-corrected chi connectivity index (χ3v) is 6.15. The average molecular weight is 499 g/mol. The highest BCUT2D eigenvalue weighted by atomic mass is 35.5. The normalized spacial score (nSPS) is 16.8. The lowest BCUT2D eigenvalue weighted by molar-refractivity contribution is -0.138. The van der Waals surface area contributed by atoms with Crippen molar-refractivity contribution in [3.05, 3.63) is 70.6 Å². The van der Waals surface area contributed by atoms with Gasteiger partial charge in [-0.25, -0.2) is 4.98 Å². The van der Waals surface area contributed by atoms with Gasteiger partial charge < -0.3 is 19.6 Å². The van der Waals surface area contributed by atoms with E-state index in [4.69, 9.17) is 25.9 Å². The first-order chi connectivity index (χ1) is 16.4. The quantitative estimate of drug-likeness (QED) is 0.350. The van der Waals surface area contributed by atoms with Crippen molar-refractivity contribution in [2.75, 3.05) is 0 Å². The van der Waals surface area contributed by atoms with Crippen LogP contribution in [0.15, 0.2) is 63.2 Å². The van der Waals surface area contributed by atoms with Crippen LogP contribution in [-0.4, -0.2) is 38.6 Å². The van der Waals surface area contributed by atoms with Crippen molar-refractivity contribution < 1.29 is 23.8 Å². The van der Waals surface area contributed by atoms with Crippen molar-refractivity contribution in [2.24, 2.45) is 10.2 Å². The summed E-state index contributed by atoms with van der Waals surface area (Å²) in [6.45, 7) is 2.05. The van der Waals surface area contributed by atoms with Crippen molar-refractivity contribution >= 4 is 46.6 Å². The number of carboxylic acid groups (broad SMARTS) is 1. The van der Waals surface area contributed by atoms with E-state index < -0.39 is 11.2 Å². The summed E-state index contributed by atoms with van der Waals surface area (Å²) >= 11 is 7.27. The topological polar surface area (TPSA) is 126 Å². The number of oxazole rings is 1. The van der Waals surface area contributed by atoms with E-state index >= 15 is 0 Å². The van der Waals surface area contributed by atoms with Gasteiger partial charge in [-0.2, -0.15) is 5.10 Å². The molecule has 1 fully saturated rings. The molecule has 34 heavy (non-hydrogen) atoms. The van der Waals surface area contributed by atoms with Gasteiger partial charge in [-0.1, -0.05) is 35.5 Å². The molecule has 0 saturated carbocycles. The van der Waals surface area contributed by atoms with Crippen LogP contribution in [-0.2, 0) is 16.2 Å². The number of hydrogen-bond acceptors (Lipinski definition) is 8. The number of nitrogens with zero attached hydrogens (tertiary/aromatic N) is 3. The highest BCUT2D eigenvalue weighted by molar-refractivity contribution is 8.15. The molecule has 0 aliphatic carbocycles. The number of benzene rings is 2. The number of halogens is 1. The summed E-state index contributed by atoms with van der Waals surface area (Å²) < 4.78 is 11.6. The van der Waals surface area contributed by atoms with Gasteiger partial charge in [-0.05, 0) is 48.9 Å². The largest absolute Gasteiger partial charge is 0.487 e. The van der Waals surface area contributed by atoms with Crippen LogP contribution >= 0.6 is 23.4 Å². The summed E-state index contributed by atoms with van der Waals surface area (Å²) in [5, 5.41) is 19.3. The molecule has 1 aliphatic heterocycles. The fourth-order valence-electron chi connectivity index (χ4n) is 3.01. The van der Waals surface area contributed by atoms with Gasteiger partial charge in [0.2, 0.25) is 11.8 Å². The maximum atomic E-state index is 11.7. The Morgan fingerprint density at radius 1 is 1.29 bits per heavy atom. The fourth-order valence-corrected chi connectivity index (χ4v) is 4.14. The van der Waals surface area contributed by atoms with Gasteiger partial charge in [-0.15, -0.1) is 5.10 Å². The van der Waals surface area contributed by atoms with E-state index in [0.29, 0.717) is 28.1 Å². The van der Waals surface area contributed by atoms with Gasteiger partial charge in [0.05, 0.1) is 23.2 Å². The molecule has 9 nitrogen and oxygen atoms in total. The van der Waals surface area contributed by atoms with Crippen molar-refractivity contribution in [1.29, 1.82) is 0 Å². The summed E-state index contributed by atoms with van der Waals surface area (Å²) in [6.07, 6.45) is 1.25. The second-order valence-corrected chi connectivity index (χ2v) is 8.80. The first-order valence-electron chi connectivity index (χ1n) is 10.1. The Balaban J connectivity index is 1.33. The minimum absolute atomic E-state index is 0.231. The molecule has 4 rings (SSSR count). The number of carbonyl (C=O) groups excluding carboxylic acids is 1. The molecule has 1 saturated heterocycles. The molecule has 1 amide bonds. The molecule has 11 heteroatoms. The van der Waals surface area contributed by atoms with E-state index in [2.05, 4.69) is 20.5 Å². The van der Waals surface area contributed by atoms with Gasteiger partial charge in [0.1, 0.15) is 29.1 Å². The number of aryl methyl sites for hydroxylation is 1. The number of amides is 1. The molecule has 0 radical (unpaired) electrons. The Morgan fingerprint density at radius 3 is 2.79 bits per heavy atom. The summed E-state index contributed by atoms with van der Waals surface area (Å²) in [6, 6.07) is 14.5. The molecule has 1 aliphatic rings. The number of rotatable bonds is 8. The van der Waals surface area contributed by atoms with Crippen LogP contribution in [0.2, 0.25) is 5.02 Å². The molecule has 1 aromatic heterocycles. The minimum Gasteiger partial charge on any atom is -0.487 e. The lowest BCUT2D eigenvalue weighted by atomic mass is 10.2. The van der Waals surface area contributed by atoms with Crippen molar-refractivity contribution in [1.82, 2.24) is 10.3 Å². The molecule has 0 bridgehead atoms. The highest BCUT2D eigenvalue weighted by Crippen LogP contribution is 2.29. The zero-order valence-corrected chi connectivity index (χ0v) is 19.5. The van der Waals surface area contributed by atoms with Gasteiger partial charge in [0, 0.05) is 0 Å². The lowest BCUT2D eigenvalue weighted by Crippen LogP contribution is -2.26. The summed E-state index contributed by atoms with van der Waals surface area (Å²) in [4.78, 5) is 27.0. The van der Waals surface area contributed by atoms with Crippen LogP contribution in [0.25, 0.3) is 11.5 Å². The first kappa shape index (κ1) is 23.5. The number of amidine groups is 1. The summed E-state index contributed by atoms with van der Waals surface area (Å²) in [7, 11) is 0. The molecule has 1 unspecified atom stereocenters. The zero-order chi connectivity index (χ0) is 24.1. The Morgan fingerprint density at radius 2 is 2.06 bits per heavy atom. The van der Waals surface area contributed by atoms with Gasteiger partial charge in [-0.3, -0.25) is 9.59 Å². The Labute approximate surface area is 203 Å². The molecule has 2 heterocycles. The van der Waals surface area contributed by atoms with E-state index in [-0.39, 0.29) is 24.1 Å². The van der Waals surface area contributed by atoms with Crippen molar-refractivity contribution in [3.63, 3.8) is 0 Å². The van der Waals surface area contributed by atoms with E-state index in [0.717, 1.165) is 22.9 Å². The molecular weight excluding hydrogens is 480 g/mol. The monoisotopic (exact) mass is 498 g/mol. The number of nitrogens with one attached hydrogen (secondary N) is 1. The SMILES string of the molecule is Cc1oc(-c2ccccc2Cl)nc1COc1ccc(C=NN=C2NC(=O)C(CC(=O)O)S2)cc1. The number of carbonyl (C=O) groups is 2. The predicted molar refractivity (Wildman–Crippen MR) is 129 cm³/mol. The Bertz CT molecular complexity index is 1270. The van der Waals surface area contributed by atoms with E-state index in [1.54, 1.807) is 30.3 Å². The van der Waals surface area contributed by atoms with Crippen molar-refractivity contribution in [2.45, 2.75) is 25.2 Å². The van der Waals surface area contributed by atoms with Crippen molar-refractivity contribution in [3.8, 4) is 17.2 Å². The van der Waals surface area contributed by atoms with E-state index in [1.165, 1.54) is 6.21 Å². The van der Waals surface area contributed by atoms with Gasteiger partial charge >= 0.3 is 5.97 Å². The van der Waals surface area contributed by atoms with Crippen LogP contribution in [0.3, 0.4) is 0 Å². The van der Waals surface area contributed by atoms with Gasteiger partial charge in [0.15, 0.2) is 5.17 Å². The third kappa shape index (κ3) is 5.83. The Kier molecular flexibility index (Phi) is 7.29. The fraction of sp³-hybridized carbons (Fsp3) is 0.174. The predicted octanol–water partition coefficient (Wildman–Crippen LogP) is 4.28. The average Bonchev–Trinajstić information content (AvgIpc) is 3.34. The first-order valence-corrected chi connectivity index (χ1v) is 11.4.